The van der Waals surface area contributed by atoms with E-state index in [2.05, 4.69) is 56.2 Å². The fourth-order valence-electron chi connectivity index (χ4n) is 2.45. The topological polar surface area (TPSA) is 12.0 Å². The fourth-order valence-corrected chi connectivity index (χ4v) is 3.41. The van der Waals surface area contributed by atoms with Crippen LogP contribution in [0.3, 0.4) is 0 Å². The Balaban J connectivity index is 2.13. The third kappa shape index (κ3) is 5.20. The van der Waals surface area contributed by atoms with Crippen molar-refractivity contribution in [2.75, 3.05) is 6.54 Å². The lowest BCUT2D eigenvalue weighted by Crippen LogP contribution is -2.33. The smallest absolute Gasteiger partial charge is 0.124 e. The van der Waals surface area contributed by atoms with Gasteiger partial charge in [0.15, 0.2) is 0 Å². The lowest BCUT2D eigenvalue weighted by Gasteiger charge is -2.19. The highest BCUT2D eigenvalue weighted by Gasteiger charge is 2.12. The fraction of sp³-hybridized carbons (Fsp3) is 0.294. The van der Waals surface area contributed by atoms with E-state index >= 15 is 0 Å². The second-order valence-corrected chi connectivity index (χ2v) is 6.80. The zero-order valence-electron chi connectivity index (χ0n) is 11.9. The average Bonchev–Trinajstić information content (AvgIpc) is 2.40. The first-order chi connectivity index (χ1) is 10.1. The Labute approximate surface area is 142 Å². The molecular formula is C17H18Br2FN. The molecule has 0 aliphatic carbocycles. The Morgan fingerprint density at radius 2 is 1.86 bits per heavy atom. The van der Waals surface area contributed by atoms with Gasteiger partial charge in [-0.1, -0.05) is 57.0 Å². The minimum atomic E-state index is -0.199. The Morgan fingerprint density at radius 3 is 2.52 bits per heavy atom. The van der Waals surface area contributed by atoms with Gasteiger partial charge in [-0.15, -0.1) is 0 Å². The number of benzene rings is 2. The number of halogens is 3. The second-order valence-electron chi connectivity index (χ2n) is 5.03. The van der Waals surface area contributed by atoms with Gasteiger partial charge in [0.25, 0.3) is 0 Å². The molecule has 0 fully saturated rings. The summed E-state index contributed by atoms with van der Waals surface area (Å²) < 4.78 is 15.4. The molecule has 1 atom stereocenters. The van der Waals surface area contributed by atoms with Crippen molar-refractivity contribution in [3.05, 3.63) is 68.4 Å². The molecule has 0 radical (unpaired) electrons. The van der Waals surface area contributed by atoms with Crippen LogP contribution < -0.4 is 5.32 Å². The Morgan fingerprint density at radius 1 is 1.10 bits per heavy atom. The molecule has 2 aromatic rings. The van der Waals surface area contributed by atoms with Gasteiger partial charge in [-0.05, 0) is 54.8 Å². The molecule has 21 heavy (non-hydrogen) atoms. The molecule has 0 spiro atoms. The van der Waals surface area contributed by atoms with E-state index in [4.69, 9.17) is 0 Å². The number of rotatable bonds is 6. The van der Waals surface area contributed by atoms with Crippen molar-refractivity contribution >= 4 is 31.9 Å². The molecule has 0 amide bonds. The summed E-state index contributed by atoms with van der Waals surface area (Å²) in [5.41, 5.74) is 2.26. The standard InChI is InChI=1S/C17H18Br2FN/c1-2-21-16(10-13-5-3-4-6-17(13)19)9-12-7-14(18)11-15(20)8-12/h3-8,11,16,21H,2,9-10H2,1H3. The van der Waals surface area contributed by atoms with E-state index in [-0.39, 0.29) is 11.9 Å². The van der Waals surface area contributed by atoms with E-state index in [0.29, 0.717) is 0 Å². The maximum Gasteiger partial charge on any atom is 0.124 e. The van der Waals surface area contributed by atoms with Gasteiger partial charge >= 0.3 is 0 Å². The van der Waals surface area contributed by atoms with Crippen molar-refractivity contribution in [1.29, 1.82) is 0 Å². The second kappa shape index (κ2) is 8.06. The van der Waals surface area contributed by atoms with Gasteiger partial charge in [0.2, 0.25) is 0 Å². The van der Waals surface area contributed by atoms with Crippen molar-refractivity contribution in [2.45, 2.75) is 25.8 Å². The molecule has 0 bridgehead atoms. The minimum absolute atomic E-state index is 0.199. The van der Waals surface area contributed by atoms with Gasteiger partial charge in [0.1, 0.15) is 5.82 Å². The van der Waals surface area contributed by atoms with Gasteiger partial charge in [0, 0.05) is 15.0 Å². The maximum atomic E-state index is 13.5. The van der Waals surface area contributed by atoms with Crippen molar-refractivity contribution in [3.8, 4) is 0 Å². The van der Waals surface area contributed by atoms with Crippen LogP contribution in [0.25, 0.3) is 0 Å². The normalized spacial score (nSPS) is 12.4. The van der Waals surface area contributed by atoms with Gasteiger partial charge < -0.3 is 5.32 Å². The van der Waals surface area contributed by atoms with Crippen LogP contribution in [0.4, 0.5) is 4.39 Å². The molecule has 0 saturated carbocycles. The highest BCUT2D eigenvalue weighted by molar-refractivity contribution is 9.10. The van der Waals surface area contributed by atoms with Crippen LogP contribution in [0.5, 0.6) is 0 Å². The molecule has 0 aliphatic rings. The van der Waals surface area contributed by atoms with Gasteiger partial charge in [0.05, 0.1) is 0 Å². The minimum Gasteiger partial charge on any atom is -0.314 e. The average molecular weight is 415 g/mol. The van der Waals surface area contributed by atoms with Gasteiger partial charge in [-0.2, -0.15) is 0 Å². The third-order valence-corrected chi connectivity index (χ3v) is 4.55. The van der Waals surface area contributed by atoms with Crippen LogP contribution >= 0.6 is 31.9 Å². The molecule has 1 N–H and O–H groups in total. The Kier molecular flexibility index (Phi) is 6.40. The summed E-state index contributed by atoms with van der Waals surface area (Å²) in [7, 11) is 0. The first kappa shape index (κ1) is 16.7. The third-order valence-electron chi connectivity index (χ3n) is 3.32. The molecule has 0 aromatic heterocycles. The predicted molar refractivity (Wildman–Crippen MR) is 93.1 cm³/mol. The number of nitrogens with one attached hydrogen (secondary N) is 1. The molecule has 1 nitrogen and oxygen atoms in total. The van der Waals surface area contributed by atoms with E-state index in [0.717, 1.165) is 33.9 Å². The summed E-state index contributed by atoms with van der Waals surface area (Å²) in [5.74, 6) is -0.199. The van der Waals surface area contributed by atoms with Crippen molar-refractivity contribution in [1.82, 2.24) is 5.32 Å². The van der Waals surface area contributed by atoms with E-state index < -0.39 is 0 Å². The van der Waals surface area contributed by atoms with Crippen molar-refractivity contribution in [3.63, 3.8) is 0 Å². The van der Waals surface area contributed by atoms with E-state index in [1.807, 2.05) is 18.2 Å². The number of hydrogen-bond acceptors (Lipinski definition) is 1. The number of hydrogen-bond donors (Lipinski definition) is 1. The molecule has 2 rings (SSSR count). The zero-order chi connectivity index (χ0) is 15.2. The van der Waals surface area contributed by atoms with Crippen molar-refractivity contribution in [2.24, 2.45) is 0 Å². The summed E-state index contributed by atoms with van der Waals surface area (Å²) in [6.45, 7) is 2.99. The maximum absolute atomic E-state index is 13.5. The van der Waals surface area contributed by atoms with Crippen LogP contribution in [-0.4, -0.2) is 12.6 Å². The Bertz CT molecular complexity index is 581. The van der Waals surface area contributed by atoms with Crippen LogP contribution in [0.2, 0.25) is 0 Å². The molecule has 0 saturated heterocycles. The predicted octanol–water partition coefficient (Wildman–Crippen LogP) is 5.11. The monoisotopic (exact) mass is 413 g/mol. The highest BCUT2D eigenvalue weighted by Crippen LogP contribution is 2.20. The first-order valence-corrected chi connectivity index (χ1v) is 8.59. The summed E-state index contributed by atoms with van der Waals surface area (Å²) in [6, 6.07) is 13.6. The van der Waals surface area contributed by atoms with Gasteiger partial charge in [-0.3, -0.25) is 0 Å². The first-order valence-electron chi connectivity index (χ1n) is 7.00. The molecule has 1 unspecified atom stereocenters. The summed E-state index contributed by atoms with van der Waals surface area (Å²) in [4.78, 5) is 0. The van der Waals surface area contributed by atoms with E-state index in [1.165, 1.54) is 11.6 Å². The Hall–Kier alpha value is -0.710. The SMILES string of the molecule is CCNC(Cc1cc(F)cc(Br)c1)Cc1ccccc1Br. The van der Waals surface area contributed by atoms with Crippen LogP contribution in [0.15, 0.2) is 51.4 Å². The van der Waals surface area contributed by atoms with Crippen LogP contribution in [0.1, 0.15) is 18.1 Å². The number of likely N-dealkylation sites (N-methyl/N-ethyl adjacent to an activating group) is 1. The van der Waals surface area contributed by atoms with Crippen LogP contribution in [0, 0.1) is 5.82 Å². The summed E-state index contributed by atoms with van der Waals surface area (Å²) in [5, 5.41) is 3.49. The molecule has 4 heteroatoms. The zero-order valence-corrected chi connectivity index (χ0v) is 15.0. The van der Waals surface area contributed by atoms with E-state index in [9.17, 15) is 4.39 Å². The van der Waals surface area contributed by atoms with E-state index in [1.54, 1.807) is 6.07 Å². The molecule has 0 aliphatic heterocycles. The molecule has 112 valence electrons. The highest BCUT2D eigenvalue weighted by atomic mass is 79.9. The lowest BCUT2D eigenvalue weighted by atomic mass is 9.99. The molecular weight excluding hydrogens is 397 g/mol. The molecule has 0 heterocycles. The largest absolute Gasteiger partial charge is 0.314 e. The summed E-state index contributed by atoms with van der Waals surface area (Å²) >= 11 is 6.94. The molecule has 2 aromatic carbocycles. The quantitative estimate of drug-likeness (QED) is 0.692. The van der Waals surface area contributed by atoms with Crippen LogP contribution in [-0.2, 0) is 12.8 Å². The van der Waals surface area contributed by atoms with Crippen molar-refractivity contribution < 1.29 is 4.39 Å². The summed E-state index contributed by atoms with van der Waals surface area (Å²) in [6.07, 6.45) is 1.70. The lowest BCUT2D eigenvalue weighted by molar-refractivity contribution is 0.518. The van der Waals surface area contributed by atoms with Gasteiger partial charge in [-0.25, -0.2) is 4.39 Å².